The maximum Gasteiger partial charge on any atom is 0.220 e. The normalized spacial score (nSPS) is 23.6. The number of benzene rings is 1. The molecule has 1 saturated heterocycles. The van der Waals surface area contributed by atoms with Crippen molar-refractivity contribution in [2.75, 3.05) is 6.54 Å². The van der Waals surface area contributed by atoms with Gasteiger partial charge in [-0.15, -0.1) is 0 Å². The average molecular weight is 286 g/mol. The third-order valence-electron chi connectivity index (χ3n) is 3.46. The molecule has 1 aliphatic rings. The van der Waals surface area contributed by atoms with Crippen LogP contribution in [0.4, 0.5) is 0 Å². The van der Waals surface area contributed by atoms with Crippen molar-refractivity contribution in [1.29, 1.82) is 0 Å². The molecule has 0 saturated carbocycles. The standard InChI is InChI=1S/C13H13Cl2NO2/c14-10-2-1-9(7-11(10)15)13(5-6-17)4-3-12(18)16-8-13/h1-2,6-7H,3-5,8H2,(H,16,18)/t13-/m1/s1. The minimum atomic E-state index is -0.357. The van der Waals surface area contributed by atoms with Gasteiger partial charge in [0.25, 0.3) is 0 Å². The third-order valence-corrected chi connectivity index (χ3v) is 4.20. The van der Waals surface area contributed by atoms with Crippen LogP contribution in [0, 0.1) is 0 Å². The van der Waals surface area contributed by atoms with Gasteiger partial charge in [-0.3, -0.25) is 4.79 Å². The van der Waals surface area contributed by atoms with Crippen LogP contribution < -0.4 is 5.32 Å². The number of carbonyl (C=O) groups excluding carboxylic acids is 2. The number of piperidine rings is 1. The van der Waals surface area contributed by atoms with E-state index in [-0.39, 0.29) is 11.3 Å². The summed E-state index contributed by atoms with van der Waals surface area (Å²) < 4.78 is 0. The van der Waals surface area contributed by atoms with Gasteiger partial charge in [0, 0.05) is 24.8 Å². The van der Waals surface area contributed by atoms with Crippen LogP contribution in [0.5, 0.6) is 0 Å². The molecule has 18 heavy (non-hydrogen) atoms. The number of hydrogen-bond acceptors (Lipinski definition) is 2. The zero-order valence-electron chi connectivity index (χ0n) is 9.71. The molecule has 1 fully saturated rings. The van der Waals surface area contributed by atoms with Gasteiger partial charge < -0.3 is 10.1 Å². The molecule has 5 heteroatoms. The summed E-state index contributed by atoms with van der Waals surface area (Å²) in [5.74, 6) is 0.0246. The fraction of sp³-hybridized carbons (Fsp3) is 0.385. The van der Waals surface area contributed by atoms with Crippen LogP contribution in [-0.4, -0.2) is 18.7 Å². The maximum atomic E-state index is 11.3. The Morgan fingerprint density at radius 1 is 1.33 bits per heavy atom. The van der Waals surface area contributed by atoms with Crippen LogP contribution in [0.1, 0.15) is 24.8 Å². The van der Waals surface area contributed by atoms with E-state index in [4.69, 9.17) is 23.2 Å². The number of carbonyl (C=O) groups is 2. The van der Waals surface area contributed by atoms with Crippen LogP contribution in [0.15, 0.2) is 18.2 Å². The first-order chi connectivity index (χ1) is 8.57. The molecule has 1 amide bonds. The van der Waals surface area contributed by atoms with Crippen molar-refractivity contribution in [1.82, 2.24) is 5.32 Å². The Bertz CT molecular complexity index is 478. The highest BCUT2D eigenvalue weighted by Gasteiger charge is 2.36. The molecule has 2 rings (SSSR count). The molecule has 1 heterocycles. The zero-order chi connectivity index (χ0) is 13.2. The van der Waals surface area contributed by atoms with Gasteiger partial charge in [0.15, 0.2) is 0 Å². The molecular weight excluding hydrogens is 273 g/mol. The number of halogens is 2. The molecule has 1 aromatic rings. The Morgan fingerprint density at radius 3 is 2.67 bits per heavy atom. The Morgan fingerprint density at radius 2 is 2.11 bits per heavy atom. The van der Waals surface area contributed by atoms with E-state index >= 15 is 0 Å². The molecule has 1 aliphatic heterocycles. The molecule has 0 spiro atoms. The van der Waals surface area contributed by atoms with E-state index in [1.807, 2.05) is 6.07 Å². The monoisotopic (exact) mass is 285 g/mol. The van der Waals surface area contributed by atoms with E-state index in [1.54, 1.807) is 12.1 Å². The van der Waals surface area contributed by atoms with E-state index in [9.17, 15) is 9.59 Å². The Labute approximate surface area is 115 Å². The van der Waals surface area contributed by atoms with Crippen molar-refractivity contribution in [3.63, 3.8) is 0 Å². The Balaban J connectivity index is 2.37. The van der Waals surface area contributed by atoms with Gasteiger partial charge in [0.1, 0.15) is 6.29 Å². The van der Waals surface area contributed by atoms with Gasteiger partial charge in [0.05, 0.1) is 10.0 Å². The lowest BCUT2D eigenvalue weighted by Gasteiger charge is -2.36. The van der Waals surface area contributed by atoms with E-state index in [1.165, 1.54) is 0 Å². The smallest absolute Gasteiger partial charge is 0.220 e. The average Bonchev–Trinajstić information content (AvgIpc) is 2.36. The molecule has 1 aromatic carbocycles. The largest absolute Gasteiger partial charge is 0.355 e. The number of rotatable bonds is 3. The van der Waals surface area contributed by atoms with E-state index < -0.39 is 0 Å². The molecule has 3 nitrogen and oxygen atoms in total. The second-order valence-electron chi connectivity index (χ2n) is 4.56. The van der Waals surface area contributed by atoms with Gasteiger partial charge in [-0.2, -0.15) is 0 Å². The highest BCUT2D eigenvalue weighted by molar-refractivity contribution is 6.42. The van der Waals surface area contributed by atoms with E-state index in [0.29, 0.717) is 35.9 Å². The number of nitrogens with one attached hydrogen (secondary N) is 1. The first-order valence-corrected chi connectivity index (χ1v) is 6.49. The molecule has 1 atom stereocenters. The molecule has 0 aliphatic carbocycles. The summed E-state index contributed by atoms with van der Waals surface area (Å²) in [6.07, 6.45) is 2.33. The van der Waals surface area contributed by atoms with Gasteiger partial charge in [0.2, 0.25) is 5.91 Å². The summed E-state index contributed by atoms with van der Waals surface area (Å²) in [7, 11) is 0. The van der Waals surface area contributed by atoms with Crippen LogP contribution >= 0.6 is 23.2 Å². The molecule has 0 radical (unpaired) electrons. The fourth-order valence-electron chi connectivity index (χ4n) is 2.32. The minimum Gasteiger partial charge on any atom is -0.355 e. The van der Waals surface area contributed by atoms with Crippen molar-refractivity contribution < 1.29 is 9.59 Å². The van der Waals surface area contributed by atoms with Crippen molar-refractivity contribution >= 4 is 35.4 Å². The minimum absolute atomic E-state index is 0.0246. The maximum absolute atomic E-state index is 11.3. The van der Waals surface area contributed by atoms with Crippen molar-refractivity contribution in [2.45, 2.75) is 24.7 Å². The molecule has 1 N–H and O–H groups in total. The quantitative estimate of drug-likeness (QED) is 0.868. The number of amides is 1. The van der Waals surface area contributed by atoms with Crippen LogP contribution in [0.3, 0.4) is 0 Å². The van der Waals surface area contributed by atoms with Gasteiger partial charge in [-0.1, -0.05) is 29.3 Å². The summed E-state index contributed by atoms with van der Waals surface area (Å²) in [5, 5.41) is 3.77. The molecule has 0 aromatic heterocycles. The van der Waals surface area contributed by atoms with Crippen LogP contribution in [0.25, 0.3) is 0 Å². The van der Waals surface area contributed by atoms with Crippen molar-refractivity contribution in [2.24, 2.45) is 0 Å². The lowest BCUT2D eigenvalue weighted by atomic mass is 9.72. The summed E-state index contributed by atoms with van der Waals surface area (Å²) in [6, 6.07) is 5.38. The summed E-state index contributed by atoms with van der Waals surface area (Å²) >= 11 is 11.9. The van der Waals surface area contributed by atoms with Crippen LogP contribution in [-0.2, 0) is 15.0 Å². The predicted molar refractivity (Wildman–Crippen MR) is 71.1 cm³/mol. The first kappa shape index (κ1) is 13.4. The lowest BCUT2D eigenvalue weighted by molar-refractivity contribution is -0.124. The highest BCUT2D eigenvalue weighted by atomic mass is 35.5. The van der Waals surface area contributed by atoms with Gasteiger partial charge in [-0.05, 0) is 24.1 Å². The fourth-order valence-corrected chi connectivity index (χ4v) is 2.62. The molecular formula is C13H13Cl2NO2. The Hall–Kier alpha value is -1.06. The van der Waals surface area contributed by atoms with E-state index in [2.05, 4.69) is 5.32 Å². The molecule has 96 valence electrons. The zero-order valence-corrected chi connectivity index (χ0v) is 11.2. The second-order valence-corrected chi connectivity index (χ2v) is 5.37. The second kappa shape index (κ2) is 5.29. The molecule has 0 unspecified atom stereocenters. The predicted octanol–water partition coefficient (Wildman–Crippen LogP) is 2.73. The van der Waals surface area contributed by atoms with Gasteiger partial charge in [-0.25, -0.2) is 0 Å². The lowest BCUT2D eigenvalue weighted by Crippen LogP contribution is -2.46. The van der Waals surface area contributed by atoms with Crippen molar-refractivity contribution in [3.8, 4) is 0 Å². The first-order valence-electron chi connectivity index (χ1n) is 5.73. The van der Waals surface area contributed by atoms with Crippen LogP contribution in [0.2, 0.25) is 10.0 Å². The SMILES string of the molecule is O=CC[C@]1(c2ccc(Cl)c(Cl)c2)CCC(=O)NC1. The van der Waals surface area contributed by atoms with E-state index in [0.717, 1.165) is 11.8 Å². The van der Waals surface area contributed by atoms with Gasteiger partial charge >= 0.3 is 0 Å². The highest BCUT2D eigenvalue weighted by Crippen LogP contribution is 2.37. The topological polar surface area (TPSA) is 46.2 Å². The summed E-state index contributed by atoms with van der Waals surface area (Å²) in [5.41, 5.74) is 0.591. The van der Waals surface area contributed by atoms with Crippen molar-refractivity contribution in [3.05, 3.63) is 33.8 Å². The third kappa shape index (κ3) is 2.52. The summed E-state index contributed by atoms with van der Waals surface area (Å²) in [6.45, 7) is 0.461. The molecule has 0 bridgehead atoms. The number of aldehydes is 1. The number of hydrogen-bond donors (Lipinski definition) is 1. The summed E-state index contributed by atoms with van der Waals surface area (Å²) in [4.78, 5) is 22.2. The Kier molecular flexibility index (Phi) is 3.93.